The fourth-order valence-electron chi connectivity index (χ4n) is 1.70. The second-order valence-corrected chi connectivity index (χ2v) is 5.70. The van der Waals surface area contributed by atoms with Crippen LogP contribution in [0.3, 0.4) is 0 Å². The molecule has 1 heterocycles. The van der Waals surface area contributed by atoms with E-state index in [0.29, 0.717) is 22.6 Å². The van der Waals surface area contributed by atoms with Gasteiger partial charge in [-0.2, -0.15) is 0 Å². The Morgan fingerprint density at radius 1 is 1.38 bits per heavy atom. The molecule has 0 spiro atoms. The largest absolute Gasteiger partial charge is 0.438 e. The Kier molecular flexibility index (Phi) is 5.96. The molecule has 1 aromatic heterocycles. The van der Waals surface area contributed by atoms with Crippen molar-refractivity contribution in [3.8, 4) is 11.6 Å². The van der Waals surface area contributed by atoms with E-state index in [1.54, 1.807) is 6.07 Å². The van der Waals surface area contributed by atoms with Crippen LogP contribution in [0.4, 0.5) is 4.39 Å². The first kappa shape index (κ1) is 16.2. The Balaban J connectivity index is 2.12. The van der Waals surface area contributed by atoms with Crippen LogP contribution in [0.25, 0.3) is 0 Å². The van der Waals surface area contributed by atoms with Crippen molar-refractivity contribution in [1.82, 2.24) is 10.3 Å². The summed E-state index contributed by atoms with van der Waals surface area (Å²) in [7, 11) is 0. The summed E-state index contributed by atoms with van der Waals surface area (Å²) < 4.78 is 19.7. The lowest BCUT2D eigenvalue weighted by Gasteiger charge is -2.09. The van der Waals surface area contributed by atoms with Crippen molar-refractivity contribution in [2.75, 3.05) is 6.54 Å². The van der Waals surface area contributed by atoms with Gasteiger partial charge >= 0.3 is 0 Å². The van der Waals surface area contributed by atoms with Crippen molar-refractivity contribution in [3.05, 3.63) is 51.3 Å². The Bertz CT molecular complexity index is 625. The van der Waals surface area contributed by atoms with Gasteiger partial charge < -0.3 is 10.1 Å². The molecule has 0 amide bonds. The van der Waals surface area contributed by atoms with Gasteiger partial charge in [0, 0.05) is 18.7 Å². The molecule has 1 N–H and O–H groups in total. The number of pyridine rings is 1. The average molecular weight is 374 g/mol. The van der Waals surface area contributed by atoms with Gasteiger partial charge in [0.25, 0.3) is 0 Å². The van der Waals surface area contributed by atoms with E-state index >= 15 is 0 Å². The number of nitrogens with zero attached hydrogens (tertiary/aromatic N) is 1. The highest BCUT2D eigenvalue weighted by molar-refractivity contribution is 9.10. The highest BCUT2D eigenvalue weighted by Crippen LogP contribution is 2.33. The fraction of sp³-hybridized carbons (Fsp3) is 0.267. The molecular formula is C15H15BrClFN2O. The molecule has 1 aromatic carbocycles. The summed E-state index contributed by atoms with van der Waals surface area (Å²) in [5.74, 6) is 0.215. The van der Waals surface area contributed by atoms with Crippen LogP contribution in [0.5, 0.6) is 11.6 Å². The van der Waals surface area contributed by atoms with Crippen LogP contribution in [0.15, 0.2) is 34.8 Å². The van der Waals surface area contributed by atoms with Gasteiger partial charge in [-0.1, -0.05) is 24.6 Å². The maximum absolute atomic E-state index is 13.5. The summed E-state index contributed by atoms with van der Waals surface area (Å²) in [6, 6.07) is 8.18. The average Bonchev–Trinajstić information content (AvgIpc) is 2.45. The summed E-state index contributed by atoms with van der Waals surface area (Å²) in [6.45, 7) is 3.70. The van der Waals surface area contributed by atoms with E-state index in [4.69, 9.17) is 16.3 Å². The van der Waals surface area contributed by atoms with Gasteiger partial charge in [0.15, 0.2) is 0 Å². The smallest absolute Gasteiger partial charge is 0.219 e. The molecule has 0 aliphatic heterocycles. The van der Waals surface area contributed by atoms with E-state index in [-0.39, 0.29) is 5.02 Å². The van der Waals surface area contributed by atoms with Crippen LogP contribution in [-0.4, -0.2) is 11.5 Å². The van der Waals surface area contributed by atoms with Gasteiger partial charge in [0.05, 0.1) is 15.2 Å². The molecule has 0 atom stereocenters. The number of rotatable bonds is 6. The second-order valence-electron chi connectivity index (χ2n) is 4.44. The first-order chi connectivity index (χ1) is 10.1. The van der Waals surface area contributed by atoms with E-state index in [1.807, 2.05) is 12.1 Å². The molecule has 0 fully saturated rings. The summed E-state index contributed by atoms with van der Waals surface area (Å²) >= 11 is 8.99. The summed E-state index contributed by atoms with van der Waals surface area (Å²) in [4.78, 5) is 4.37. The van der Waals surface area contributed by atoms with Crippen LogP contribution in [0.2, 0.25) is 5.02 Å². The van der Waals surface area contributed by atoms with Crippen molar-refractivity contribution in [2.24, 2.45) is 0 Å². The van der Waals surface area contributed by atoms with Crippen molar-refractivity contribution in [1.29, 1.82) is 0 Å². The molecule has 0 aliphatic rings. The highest BCUT2D eigenvalue weighted by Gasteiger charge is 2.09. The third-order valence-electron chi connectivity index (χ3n) is 2.70. The molecule has 2 aromatic rings. The molecule has 0 saturated heterocycles. The molecule has 3 nitrogen and oxygen atoms in total. The first-order valence-corrected chi connectivity index (χ1v) is 7.76. The summed E-state index contributed by atoms with van der Waals surface area (Å²) in [5.41, 5.74) is 0.867. The Morgan fingerprint density at radius 2 is 2.19 bits per heavy atom. The predicted molar refractivity (Wildman–Crippen MR) is 85.4 cm³/mol. The number of ether oxygens (including phenoxy) is 1. The predicted octanol–water partition coefficient (Wildman–Crippen LogP) is 4.93. The zero-order valence-corrected chi connectivity index (χ0v) is 13.8. The first-order valence-electron chi connectivity index (χ1n) is 6.59. The summed E-state index contributed by atoms with van der Waals surface area (Å²) in [6.07, 6.45) is 1.06. The van der Waals surface area contributed by atoms with Crippen molar-refractivity contribution in [2.45, 2.75) is 19.9 Å². The number of halogens is 3. The Morgan fingerprint density at radius 3 is 2.95 bits per heavy atom. The monoisotopic (exact) mass is 372 g/mol. The van der Waals surface area contributed by atoms with Gasteiger partial charge in [-0.3, -0.25) is 0 Å². The normalized spacial score (nSPS) is 10.7. The molecule has 0 radical (unpaired) electrons. The van der Waals surface area contributed by atoms with Gasteiger partial charge in [-0.15, -0.1) is 0 Å². The zero-order chi connectivity index (χ0) is 15.2. The Hall–Kier alpha value is -1.17. The van der Waals surface area contributed by atoms with Crippen LogP contribution >= 0.6 is 27.5 Å². The number of hydrogen-bond acceptors (Lipinski definition) is 3. The lowest BCUT2D eigenvalue weighted by molar-refractivity contribution is 0.452. The van der Waals surface area contributed by atoms with Crippen LogP contribution < -0.4 is 10.1 Å². The SMILES string of the molecule is CCCNCc1cccc(Oc2cc(F)c(Cl)cc2Br)n1. The fourth-order valence-corrected chi connectivity index (χ4v) is 2.42. The van der Waals surface area contributed by atoms with Gasteiger partial charge in [0.1, 0.15) is 11.6 Å². The van der Waals surface area contributed by atoms with Crippen LogP contribution in [-0.2, 0) is 6.54 Å². The quantitative estimate of drug-likeness (QED) is 0.576. The lowest BCUT2D eigenvalue weighted by Crippen LogP contribution is -2.14. The lowest BCUT2D eigenvalue weighted by atomic mass is 10.3. The minimum Gasteiger partial charge on any atom is -0.438 e. The molecule has 21 heavy (non-hydrogen) atoms. The zero-order valence-electron chi connectivity index (χ0n) is 11.5. The summed E-state index contributed by atoms with van der Waals surface area (Å²) in [5, 5.41) is 3.31. The third kappa shape index (κ3) is 4.66. The van der Waals surface area contributed by atoms with E-state index in [9.17, 15) is 4.39 Å². The molecular weight excluding hydrogens is 359 g/mol. The molecule has 0 unspecified atom stereocenters. The van der Waals surface area contributed by atoms with Crippen LogP contribution in [0, 0.1) is 5.82 Å². The van der Waals surface area contributed by atoms with E-state index in [1.165, 1.54) is 12.1 Å². The highest BCUT2D eigenvalue weighted by atomic mass is 79.9. The van der Waals surface area contributed by atoms with Gasteiger partial charge in [0.2, 0.25) is 5.88 Å². The number of hydrogen-bond donors (Lipinski definition) is 1. The van der Waals surface area contributed by atoms with E-state index < -0.39 is 5.82 Å². The maximum Gasteiger partial charge on any atom is 0.219 e. The second kappa shape index (κ2) is 7.73. The van der Waals surface area contributed by atoms with Crippen molar-refractivity contribution >= 4 is 27.5 Å². The molecule has 112 valence electrons. The number of nitrogens with one attached hydrogen (secondary N) is 1. The van der Waals surface area contributed by atoms with Crippen LogP contribution in [0.1, 0.15) is 19.0 Å². The van der Waals surface area contributed by atoms with E-state index in [0.717, 1.165) is 18.7 Å². The third-order valence-corrected chi connectivity index (χ3v) is 3.61. The minimum atomic E-state index is -0.532. The van der Waals surface area contributed by atoms with Crippen molar-refractivity contribution < 1.29 is 9.13 Å². The molecule has 0 aliphatic carbocycles. The maximum atomic E-state index is 13.5. The number of aromatic nitrogens is 1. The van der Waals surface area contributed by atoms with Gasteiger partial charge in [-0.05, 0) is 41.0 Å². The van der Waals surface area contributed by atoms with E-state index in [2.05, 4.69) is 33.2 Å². The Labute approximate surface area is 136 Å². The number of benzene rings is 1. The minimum absolute atomic E-state index is 0.0414. The molecule has 0 bridgehead atoms. The standard InChI is InChI=1S/C15H15BrClFN2O/c1-2-6-19-9-10-4-3-5-15(20-10)21-14-8-13(18)12(17)7-11(14)16/h3-5,7-8,19H,2,6,9H2,1H3. The van der Waals surface area contributed by atoms with Gasteiger partial charge in [-0.25, -0.2) is 9.37 Å². The molecule has 6 heteroatoms. The van der Waals surface area contributed by atoms with Crippen molar-refractivity contribution in [3.63, 3.8) is 0 Å². The molecule has 0 saturated carbocycles. The molecule has 2 rings (SSSR count). The topological polar surface area (TPSA) is 34.1 Å².